The zero-order valence-electron chi connectivity index (χ0n) is 7.57. The first-order chi connectivity index (χ1) is 6.74. The van der Waals surface area contributed by atoms with E-state index in [1.165, 1.54) is 0 Å². The third-order valence-electron chi connectivity index (χ3n) is 1.67. The van der Waals surface area contributed by atoms with Crippen molar-refractivity contribution in [2.24, 2.45) is 7.05 Å². The van der Waals surface area contributed by atoms with Crippen LogP contribution in [0.5, 0.6) is 0 Å². The third kappa shape index (κ3) is 2.33. The molecule has 6 heteroatoms. The predicted octanol–water partition coefficient (Wildman–Crippen LogP) is 2.25. The summed E-state index contributed by atoms with van der Waals surface area (Å²) in [6.45, 7) is 0.709. The van der Waals surface area contributed by atoms with E-state index in [9.17, 15) is 0 Å². The van der Waals surface area contributed by atoms with Crippen LogP contribution in [0.3, 0.4) is 0 Å². The number of aryl methyl sites for hydroxylation is 1. The van der Waals surface area contributed by atoms with Crippen molar-refractivity contribution in [3.05, 3.63) is 27.9 Å². The summed E-state index contributed by atoms with van der Waals surface area (Å²) in [5.41, 5.74) is 1.01. The van der Waals surface area contributed by atoms with Gasteiger partial charge in [0.25, 0.3) is 0 Å². The molecule has 0 aromatic carbocycles. The number of anilines is 1. The zero-order chi connectivity index (χ0) is 9.97. The first-order valence-corrected chi connectivity index (χ1v) is 5.69. The first kappa shape index (κ1) is 9.67. The first-order valence-electron chi connectivity index (χ1n) is 4.08. The maximum Gasteiger partial charge on any atom is 0.184 e. The van der Waals surface area contributed by atoms with Crippen LogP contribution in [0, 0.1) is 0 Å². The molecule has 4 nitrogen and oxygen atoms in total. The number of aromatic nitrogens is 3. The van der Waals surface area contributed by atoms with Gasteiger partial charge >= 0.3 is 0 Å². The van der Waals surface area contributed by atoms with Crippen LogP contribution in [0.25, 0.3) is 0 Å². The van der Waals surface area contributed by atoms with Crippen molar-refractivity contribution in [3.63, 3.8) is 0 Å². The third-order valence-corrected chi connectivity index (χ3v) is 3.10. The number of hydrogen-bond acceptors (Lipinski definition) is 4. The smallest absolute Gasteiger partial charge is 0.184 e. The predicted molar refractivity (Wildman–Crippen MR) is 60.3 cm³/mol. The summed E-state index contributed by atoms with van der Waals surface area (Å²) < 4.78 is 2.82. The second-order valence-electron chi connectivity index (χ2n) is 2.80. The summed E-state index contributed by atoms with van der Waals surface area (Å²) in [4.78, 5) is 4.16. The van der Waals surface area contributed by atoms with E-state index in [0.29, 0.717) is 6.54 Å². The topological polar surface area (TPSA) is 42.7 Å². The molecule has 0 saturated carbocycles. The van der Waals surface area contributed by atoms with E-state index in [4.69, 9.17) is 0 Å². The van der Waals surface area contributed by atoms with Crippen LogP contribution < -0.4 is 5.32 Å². The van der Waals surface area contributed by atoms with Gasteiger partial charge in [-0.05, 0) is 22.0 Å². The van der Waals surface area contributed by atoms with Gasteiger partial charge in [-0.3, -0.25) is 4.68 Å². The lowest BCUT2D eigenvalue weighted by Crippen LogP contribution is -2.00. The van der Waals surface area contributed by atoms with Crippen molar-refractivity contribution in [2.75, 3.05) is 5.32 Å². The number of halogens is 1. The van der Waals surface area contributed by atoms with E-state index < -0.39 is 0 Å². The molecule has 2 aromatic heterocycles. The Labute approximate surface area is 94.1 Å². The van der Waals surface area contributed by atoms with Crippen molar-refractivity contribution in [3.8, 4) is 0 Å². The number of hydrogen-bond donors (Lipinski definition) is 1. The number of nitrogens with zero attached hydrogens (tertiary/aromatic N) is 3. The summed E-state index contributed by atoms with van der Waals surface area (Å²) in [5.74, 6) is 0. The van der Waals surface area contributed by atoms with Crippen molar-refractivity contribution in [1.29, 1.82) is 0 Å². The van der Waals surface area contributed by atoms with Gasteiger partial charge in [0, 0.05) is 13.2 Å². The Kier molecular flexibility index (Phi) is 2.83. The van der Waals surface area contributed by atoms with Crippen LogP contribution in [-0.2, 0) is 13.6 Å². The van der Waals surface area contributed by atoms with E-state index in [2.05, 4.69) is 31.3 Å². The average Bonchev–Trinajstić information content (AvgIpc) is 2.72. The molecule has 1 N–H and O–H groups in total. The van der Waals surface area contributed by atoms with Crippen LogP contribution in [-0.4, -0.2) is 14.8 Å². The molecule has 0 radical (unpaired) electrons. The molecule has 0 aliphatic rings. The molecule has 2 heterocycles. The maximum atomic E-state index is 4.25. The molecule has 2 aromatic rings. The quantitative estimate of drug-likeness (QED) is 0.932. The Morgan fingerprint density at radius 2 is 2.50 bits per heavy atom. The van der Waals surface area contributed by atoms with Gasteiger partial charge in [0.05, 0.1) is 22.2 Å². The molecular weight excluding hydrogens is 264 g/mol. The molecule has 0 unspecified atom stereocenters. The van der Waals surface area contributed by atoms with Gasteiger partial charge in [-0.15, -0.1) is 0 Å². The van der Waals surface area contributed by atoms with Crippen molar-refractivity contribution < 1.29 is 0 Å². The molecule has 0 atom stereocenters. The monoisotopic (exact) mass is 272 g/mol. The van der Waals surface area contributed by atoms with Crippen molar-refractivity contribution in [2.45, 2.75) is 6.54 Å². The molecule has 0 aliphatic heterocycles. The highest BCUT2D eigenvalue weighted by Gasteiger charge is 2.00. The Morgan fingerprint density at radius 1 is 1.64 bits per heavy atom. The Balaban J connectivity index is 1.94. The lowest BCUT2D eigenvalue weighted by Gasteiger charge is -1.97. The SMILES string of the molecule is Cn1ccc(CNc2ncc(Br)s2)n1. The van der Waals surface area contributed by atoms with Gasteiger partial charge in [-0.25, -0.2) is 4.98 Å². The fourth-order valence-corrected chi connectivity index (χ4v) is 2.16. The van der Waals surface area contributed by atoms with Gasteiger partial charge in [-0.2, -0.15) is 5.10 Å². The lowest BCUT2D eigenvalue weighted by atomic mass is 10.4. The van der Waals surface area contributed by atoms with E-state index in [-0.39, 0.29) is 0 Å². The highest BCUT2D eigenvalue weighted by Crippen LogP contribution is 2.23. The number of nitrogens with one attached hydrogen (secondary N) is 1. The van der Waals surface area contributed by atoms with Crippen molar-refractivity contribution >= 4 is 32.4 Å². The summed E-state index contributed by atoms with van der Waals surface area (Å²) in [6, 6.07) is 1.98. The van der Waals surface area contributed by atoms with E-state index in [1.807, 2.05) is 19.3 Å². The fraction of sp³-hybridized carbons (Fsp3) is 0.250. The number of thiazole rings is 1. The minimum absolute atomic E-state index is 0.709. The molecular formula is C8H9BrN4S. The minimum Gasteiger partial charge on any atom is -0.356 e. The molecule has 0 fully saturated rings. The highest BCUT2D eigenvalue weighted by molar-refractivity contribution is 9.11. The molecule has 0 saturated heterocycles. The summed E-state index contributed by atoms with van der Waals surface area (Å²) in [5, 5.41) is 8.35. The molecule has 0 bridgehead atoms. The maximum absolute atomic E-state index is 4.25. The van der Waals surface area contributed by atoms with Gasteiger partial charge in [0.15, 0.2) is 5.13 Å². The van der Waals surface area contributed by atoms with Gasteiger partial charge in [-0.1, -0.05) is 11.3 Å². The Hall–Kier alpha value is -0.880. The zero-order valence-corrected chi connectivity index (χ0v) is 9.97. The average molecular weight is 273 g/mol. The Bertz CT molecular complexity index is 382. The summed E-state index contributed by atoms with van der Waals surface area (Å²) >= 11 is 4.93. The van der Waals surface area contributed by atoms with E-state index in [1.54, 1.807) is 22.2 Å². The number of rotatable bonds is 3. The van der Waals surface area contributed by atoms with Crippen molar-refractivity contribution in [1.82, 2.24) is 14.8 Å². The largest absolute Gasteiger partial charge is 0.356 e. The fourth-order valence-electron chi connectivity index (χ4n) is 1.06. The molecule has 0 amide bonds. The highest BCUT2D eigenvalue weighted by atomic mass is 79.9. The van der Waals surface area contributed by atoms with Crippen LogP contribution in [0.4, 0.5) is 5.13 Å². The lowest BCUT2D eigenvalue weighted by molar-refractivity contribution is 0.747. The Morgan fingerprint density at radius 3 is 3.07 bits per heavy atom. The standard InChI is InChI=1S/C8H9BrN4S/c1-13-3-2-6(12-13)4-10-8-11-5-7(9)14-8/h2-3,5H,4H2,1H3,(H,10,11). The second kappa shape index (κ2) is 4.10. The van der Waals surface area contributed by atoms with Crippen LogP contribution in [0.2, 0.25) is 0 Å². The van der Waals surface area contributed by atoms with Gasteiger partial charge in [0.1, 0.15) is 0 Å². The molecule has 74 valence electrons. The van der Waals surface area contributed by atoms with Gasteiger partial charge < -0.3 is 5.32 Å². The molecule has 14 heavy (non-hydrogen) atoms. The van der Waals surface area contributed by atoms with Crippen LogP contribution in [0.15, 0.2) is 22.2 Å². The van der Waals surface area contributed by atoms with Gasteiger partial charge in [0.2, 0.25) is 0 Å². The summed E-state index contributed by atoms with van der Waals surface area (Å²) in [7, 11) is 1.91. The van der Waals surface area contributed by atoms with E-state index >= 15 is 0 Å². The minimum atomic E-state index is 0.709. The molecule has 2 rings (SSSR count). The second-order valence-corrected chi connectivity index (χ2v) is 5.21. The van der Waals surface area contributed by atoms with Crippen LogP contribution >= 0.6 is 27.3 Å². The summed E-state index contributed by atoms with van der Waals surface area (Å²) in [6.07, 6.45) is 3.71. The normalized spacial score (nSPS) is 10.4. The molecule has 0 spiro atoms. The van der Waals surface area contributed by atoms with Crippen LogP contribution in [0.1, 0.15) is 5.69 Å². The molecule has 0 aliphatic carbocycles. The van der Waals surface area contributed by atoms with E-state index in [0.717, 1.165) is 14.6 Å².